The Balaban J connectivity index is 1.49. The van der Waals surface area contributed by atoms with Gasteiger partial charge in [0.05, 0.1) is 26.0 Å². The Kier molecular flexibility index (Phi) is 8.78. The summed E-state index contributed by atoms with van der Waals surface area (Å²) in [7, 11) is 3.01. The lowest BCUT2D eigenvalue weighted by molar-refractivity contribution is -0.123. The molecule has 0 aliphatic rings. The van der Waals surface area contributed by atoms with Crippen LogP contribution in [0.5, 0.6) is 23.0 Å². The van der Waals surface area contributed by atoms with Crippen molar-refractivity contribution in [2.45, 2.75) is 19.8 Å². The molecule has 4 aromatic rings. The van der Waals surface area contributed by atoms with E-state index in [0.717, 1.165) is 10.8 Å². The van der Waals surface area contributed by atoms with E-state index in [2.05, 4.69) is 24.4 Å². The fraction of sp³-hybridized carbons (Fsp3) is 0.194. The van der Waals surface area contributed by atoms with E-state index in [4.69, 9.17) is 18.9 Å². The van der Waals surface area contributed by atoms with Crippen LogP contribution < -0.4 is 24.4 Å². The van der Waals surface area contributed by atoms with Crippen LogP contribution in [-0.4, -0.2) is 38.9 Å². The van der Waals surface area contributed by atoms with Crippen molar-refractivity contribution in [3.05, 3.63) is 95.6 Å². The number of carbonyl (C=O) groups is 2. The third-order valence-corrected chi connectivity index (χ3v) is 6.05. The van der Waals surface area contributed by atoms with Crippen molar-refractivity contribution >= 4 is 28.9 Å². The average molecular weight is 527 g/mol. The molecule has 0 saturated heterocycles. The van der Waals surface area contributed by atoms with Crippen LogP contribution in [0.3, 0.4) is 0 Å². The number of hydrazone groups is 1. The summed E-state index contributed by atoms with van der Waals surface area (Å²) in [5.74, 6) is 1.19. The highest BCUT2D eigenvalue weighted by molar-refractivity contribution is 6.04. The molecular formula is C31H30N2O6. The number of amides is 1. The fourth-order valence-electron chi connectivity index (χ4n) is 3.92. The number of fused-ring (bicyclic) bond motifs is 1. The van der Waals surface area contributed by atoms with Gasteiger partial charge in [-0.25, -0.2) is 10.2 Å². The summed E-state index contributed by atoms with van der Waals surface area (Å²) < 4.78 is 21.8. The Hall–Kier alpha value is -4.85. The zero-order valence-electron chi connectivity index (χ0n) is 22.3. The van der Waals surface area contributed by atoms with Crippen LogP contribution in [0.1, 0.15) is 41.3 Å². The SMILES string of the molecule is COc1ccc(C(=O)Oc2ccc3ccccc3c2C=NNC(=O)COc2ccc(C(C)C)cc2)cc1OC. The number of rotatable bonds is 10. The normalized spacial score (nSPS) is 11.0. The summed E-state index contributed by atoms with van der Waals surface area (Å²) in [5, 5.41) is 5.82. The lowest BCUT2D eigenvalue weighted by Gasteiger charge is -2.12. The van der Waals surface area contributed by atoms with Crippen molar-refractivity contribution in [1.82, 2.24) is 5.43 Å². The summed E-state index contributed by atoms with van der Waals surface area (Å²) in [6.45, 7) is 4.02. The number of benzene rings is 4. The quantitative estimate of drug-likeness (QED) is 0.123. The topological polar surface area (TPSA) is 95.5 Å². The van der Waals surface area contributed by atoms with Gasteiger partial charge in [0.1, 0.15) is 11.5 Å². The van der Waals surface area contributed by atoms with Gasteiger partial charge in [-0.05, 0) is 58.7 Å². The predicted molar refractivity (Wildman–Crippen MR) is 150 cm³/mol. The number of nitrogens with one attached hydrogen (secondary N) is 1. The third-order valence-electron chi connectivity index (χ3n) is 6.05. The maximum Gasteiger partial charge on any atom is 0.343 e. The van der Waals surface area contributed by atoms with Crippen molar-refractivity contribution in [2.24, 2.45) is 5.10 Å². The van der Waals surface area contributed by atoms with Crippen LogP contribution in [0.2, 0.25) is 0 Å². The van der Waals surface area contributed by atoms with Gasteiger partial charge in [-0.1, -0.05) is 56.3 Å². The number of hydrogen-bond donors (Lipinski definition) is 1. The van der Waals surface area contributed by atoms with Gasteiger partial charge < -0.3 is 18.9 Å². The standard InChI is InChI=1S/C31H30N2O6/c1-20(2)21-9-13-24(14-10-21)38-19-30(34)33-32-18-26-25-8-6-5-7-22(25)11-15-27(26)39-31(35)23-12-16-28(36-3)29(17-23)37-4/h5-18,20H,19H2,1-4H3,(H,33,34). The molecule has 0 aliphatic carbocycles. The first-order valence-electron chi connectivity index (χ1n) is 12.4. The molecule has 8 heteroatoms. The smallest absolute Gasteiger partial charge is 0.343 e. The van der Waals surface area contributed by atoms with Crippen molar-refractivity contribution < 1.29 is 28.5 Å². The highest BCUT2D eigenvalue weighted by Gasteiger charge is 2.16. The van der Waals surface area contributed by atoms with E-state index in [1.54, 1.807) is 24.3 Å². The zero-order valence-corrected chi connectivity index (χ0v) is 22.3. The van der Waals surface area contributed by atoms with E-state index in [1.807, 2.05) is 54.6 Å². The van der Waals surface area contributed by atoms with Gasteiger partial charge in [0.25, 0.3) is 5.91 Å². The summed E-state index contributed by atoms with van der Waals surface area (Å²) in [6, 6.07) is 23.5. The van der Waals surface area contributed by atoms with Crippen molar-refractivity contribution in [3.8, 4) is 23.0 Å². The molecule has 4 aromatic carbocycles. The van der Waals surface area contributed by atoms with E-state index in [0.29, 0.717) is 28.7 Å². The summed E-state index contributed by atoms with van der Waals surface area (Å²) in [4.78, 5) is 25.3. The molecule has 39 heavy (non-hydrogen) atoms. The predicted octanol–water partition coefficient (Wildman–Crippen LogP) is 5.73. The van der Waals surface area contributed by atoms with Crippen molar-refractivity contribution in [2.75, 3.05) is 20.8 Å². The second-order valence-corrected chi connectivity index (χ2v) is 8.96. The molecule has 0 saturated carbocycles. The Bertz CT molecular complexity index is 1500. The Morgan fingerprint density at radius 3 is 2.31 bits per heavy atom. The maximum atomic E-state index is 13.0. The lowest BCUT2D eigenvalue weighted by atomic mass is 10.0. The molecule has 1 N–H and O–H groups in total. The van der Waals surface area contributed by atoms with Crippen molar-refractivity contribution in [1.29, 1.82) is 0 Å². The molecule has 0 heterocycles. The maximum absolute atomic E-state index is 13.0. The second kappa shape index (κ2) is 12.6. The Labute approximate surface area is 227 Å². The number of ether oxygens (including phenoxy) is 4. The molecule has 4 rings (SSSR count). The Morgan fingerprint density at radius 2 is 1.59 bits per heavy atom. The summed E-state index contributed by atoms with van der Waals surface area (Å²) >= 11 is 0. The van der Waals surface area contributed by atoms with E-state index >= 15 is 0 Å². The molecule has 0 aromatic heterocycles. The fourth-order valence-corrected chi connectivity index (χ4v) is 3.92. The first kappa shape index (κ1) is 27.2. The molecule has 0 spiro atoms. The van der Waals surface area contributed by atoms with Gasteiger partial charge >= 0.3 is 5.97 Å². The van der Waals surface area contributed by atoms with E-state index in [9.17, 15) is 9.59 Å². The van der Waals surface area contributed by atoms with E-state index in [1.165, 1.54) is 26.0 Å². The second-order valence-electron chi connectivity index (χ2n) is 8.96. The van der Waals surface area contributed by atoms with Crippen LogP contribution in [-0.2, 0) is 4.79 Å². The van der Waals surface area contributed by atoms with Gasteiger partial charge in [0, 0.05) is 5.56 Å². The molecule has 0 atom stereocenters. The zero-order chi connectivity index (χ0) is 27.8. The largest absolute Gasteiger partial charge is 0.493 e. The highest BCUT2D eigenvalue weighted by Crippen LogP contribution is 2.30. The highest BCUT2D eigenvalue weighted by atomic mass is 16.5. The van der Waals surface area contributed by atoms with Crippen LogP contribution in [0, 0.1) is 0 Å². The molecule has 0 fully saturated rings. The number of nitrogens with zero attached hydrogens (tertiary/aromatic N) is 1. The van der Waals surface area contributed by atoms with Crippen LogP contribution in [0.4, 0.5) is 0 Å². The van der Waals surface area contributed by atoms with Gasteiger partial charge in [-0.2, -0.15) is 5.10 Å². The number of methoxy groups -OCH3 is 2. The minimum absolute atomic E-state index is 0.199. The minimum atomic E-state index is -0.582. The van der Waals surface area contributed by atoms with Crippen LogP contribution >= 0.6 is 0 Å². The van der Waals surface area contributed by atoms with E-state index in [-0.39, 0.29) is 17.9 Å². The molecule has 8 nitrogen and oxygen atoms in total. The first-order valence-corrected chi connectivity index (χ1v) is 12.4. The summed E-state index contributed by atoms with van der Waals surface area (Å²) in [6.07, 6.45) is 1.45. The average Bonchev–Trinajstić information content (AvgIpc) is 2.96. The van der Waals surface area contributed by atoms with E-state index < -0.39 is 11.9 Å². The summed E-state index contributed by atoms with van der Waals surface area (Å²) in [5.41, 5.74) is 4.48. The monoisotopic (exact) mass is 526 g/mol. The molecule has 0 unspecified atom stereocenters. The minimum Gasteiger partial charge on any atom is -0.493 e. The number of hydrogen-bond acceptors (Lipinski definition) is 7. The third kappa shape index (κ3) is 6.73. The Morgan fingerprint density at radius 1 is 0.872 bits per heavy atom. The van der Waals surface area contributed by atoms with Gasteiger partial charge in [0.15, 0.2) is 18.1 Å². The molecule has 0 bridgehead atoms. The molecule has 200 valence electrons. The van der Waals surface area contributed by atoms with Gasteiger partial charge in [0.2, 0.25) is 0 Å². The lowest BCUT2D eigenvalue weighted by Crippen LogP contribution is -2.24. The first-order chi connectivity index (χ1) is 18.9. The van der Waals surface area contributed by atoms with Gasteiger partial charge in [-0.3, -0.25) is 4.79 Å². The molecule has 1 amide bonds. The number of carbonyl (C=O) groups excluding carboxylic acids is 2. The van der Waals surface area contributed by atoms with Crippen LogP contribution in [0.15, 0.2) is 84.0 Å². The molecule has 0 aliphatic heterocycles. The molecule has 0 radical (unpaired) electrons. The molecular weight excluding hydrogens is 496 g/mol. The number of esters is 1. The van der Waals surface area contributed by atoms with Crippen LogP contribution in [0.25, 0.3) is 10.8 Å². The van der Waals surface area contributed by atoms with Crippen molar-refractivity contribution in [3.63, 3.8) is 0 Å². The van der Waals surface area contributed by atoms with Gasteiger partial charge in [-0.15, -0.1) is 0 Å².